The SMILES string of the molecule is O=C(OOC(=O)c1ccc2c(c1O)S2(=O)=O)c1ccccc1O. The van der Waals surface area contributed by atoms with E-state index < -0.39 is 33.1 Å². The van der Waals surface area contributed by atoms with E-state index in [1.54, 1.807) is 0 Å². The van der Waals surface area contributed by atoms with E-state index in [1.165, 1.54) is 24.3 Å². The number of aromatic hydroxyl groups is 2. The summed E-state index contributed by atoms with van der Waals surface area (Å²) in [5.41, 5.74) is -0.692. The summed E-state index contributed by atoms with van der Waals surface area (Å²) in [6, 6.07) is 7.59. The van der Waals surface area contributed by atoms with Crippen molar-refractivity contribution in [1.29, 1.82) is 0 Å². The molecule has 2 aromatic rings. The highest BCUT2D eigenvalue weighted by Gasteiger charge is 2.44. The van der Waals surface area contributed by atoms with Crippen molar-refractivity contribution in [3.63, 3.8) is 0 Å². The van der Waals surface area contributed by atoms with Crippen LogP contribution in [0.15, 0.2) is 46.2 Å². The summed E-state index contributed by atoms with van der Waals surface area (Å²) in [7, 11) is -3.64. The van der Waals surface area contributed by atoms with Gasteiger partial charge in [0, 0.05) is 0 Å². The van der Waals surface area contributed by atoms with Gasteiger partial charge >= 0.3 is 11.9 Å². The van der Waals surface area contributed by atoms with Crippen LogP contribution in [0.5, 0.6) is 11.5 Å². The lowest BCUT2D eigenvalue weighted by molar-refractivity contribution is -0.187. The molecule has 0 fully saturated rings. The predicted molar refractivity (Wildman–Crippen MR) is 72.5 cm³/mol. The van der Waals surface area contributed by atoms with Crippen LogP contribution in [0.2, 0.25) is 0 Å². The van der Waals surface area contributed by atoms with Crippen LogP contribution >= 0.6 is 0 Å². The smallest absolute Gasteiger partial charge is 0.390 e. The molecular weight excluding hydrogens is 328 g/mol. The molecule has 0 radical (unpaired) electrons. The van der Waals surface area contributed by atoms with E-state index in [2.05, 4.69) is 9.78 Å². The summed E-state index contributed by atoms with van der Waals surface area (Å²) in [6.07, 6.45) is 0. The average molecular weight is 336 g/mol. The first kappa shape index (κ1) is 14.9. The van der Waals surface area contributed by atoms with Crippen molar-refractivity contribution >= 4 is 21.8 Å². The van der Waals surface area contributed by atoms with Gasteiger partial charge in [0.05, 0.1) is 4.90 Å². The summed E-state index contributed by atoms with van der Waals surface area (Å²) in [5.74, 6) is -3.51. The molecule has 8 nitrogen and oxygen atoms in total. The Morgan fingerprint density at radius 3 is 2.13 bits per heavy atom. The van der Waals surface area contributed by atoms with E-state index in [9.17, 15) is 28.2 Å². The van der Waals surface area contributed by atoms with Gasteiger partial charge in [0.25, 0.3) is 0 Å². The van der Waals surface area contributed by atoms with Crippen molar-refractivity contribution in [3.8, 4) is 11.5 Å². The summed E-state index contributed by atoms with van der Waals surface area (Å²) < 4.78 is 22.8. The molecule has 23 heavy (non-hydrogen) atoms. The van der Waals surface area contributed by atoms with Crippen LogP contribution in [0.1, 0.15) is 20.7 Å². The summed E-state index contributed by atoms with van der Waals surface area (Å²) in [6.45, 7) is 0. The van der Waals surface area contributed by atoms with Gasteiger partial charge < -0.3 is 10.2 Å². The number of carbonyl (C=O) groups is 2. The Labute approximate surface area is 129 Å². The lowest BCUT2D eigenvalue weighted by atomic mass is 10.2. The monoisotopic (exact) mass is 336 g/mol. The molecule has 1 aliphatic rings. The largest absolute Gasteiger partial charge is 0.507 e. The van der Waals surface area contributed by atoms with E-state index in [0.29, 0.717) is 0 Å². The number of para-hydroxylation sites is 1. The standard InChI is InChI=1S/C14H8O8S/c15-9-4-2-1-3-7(9)13(17)21-22-14(18)8-5-6-10-12(11(8)16)23(10,19)20/h1-6,15-16H. The molecule has 0 unspecified atom stereocenters. The van der Waals surface area contributed by atoms with Crippen molar-refractivity contribution in [1.82, 2.24) is 0 Å². The van der Waals surface area contributed by atoms with Crippen molar-refractivity contribution in [3.05, 3.63) is 47.5 Å². The van der Waals surface area contributed by atoms with Crippen molar-refractivity contribution in [2.75, 3.05) is 0 Å². The Morgan fingerprint density at radius 1 is 0.870 bits per heavy atom. The van der Waals surface area contributed by atoms with Gasteiger partial charge in [-0.15, -0.1) is 0 Å². The summed E-state index contributed by atoms with van der Waals surface area (Å²) in [5, 5.41) is 19.2. The lowest BCUT2D eigenvalue weighted by Gasteiger charge is -2.05. The molecule has 118 valence electrons. The average Bonchev–Trinajstić information content (AvgIpc) is 3.08. The number of hydrogen-bond acceptors (Lipinski definition) is 8. The van der Waals surface area contributed by atoms with Gasteiger partial charge in [0.2, 0.25) is 9.84 Å². The van der Waals surface area contributed by atoms with Crippen LogP contribution in [0.3, 0.4) is 0 Å². The van der Waals surface area contributed by atoms with Crippen LogP contribution < -0.4 is 0 Å². The molecular formula is C14H8O8S. The van der Waals surface area contributed by atoms with E-state index in [1.807, 2.05) is 0 Å². The topological polar surface area (TPSA) is 127 Å². The van der Waals surface area contributed by atoms with Crippen molar-refractivity contribution in [2.24, 2.45) is 0 Å². The Kier molecular flexibility index (Phi) is 3.22. The number of rotatable bonds is 2. The molecule has 9 heteroatoms. The fourth-order valence-electron chi connectivity index (χ4n) is 1.95. The maximum absolute atomic E-state index is 11.8. The zero-order chi connectivity index (χ0) is 16.8. The molecule has 0 amide bonds. The van der Waals surface area contributed by atoms with Crippen LogP contribution in [-0.4, -0.2) is 30.6 Å². The Bertz CT molecular complexity index is 945. The summed E-state index contributed by atoms with van der Waals surface area (Å²) in [4.78, 5) is 31.5. The van der Waals surface area contributed by atoms with Gasteiger partial charge in [-0.3, -0.25) is 0 Å². The molecule has 1 heterocycles. The molecule has 0 saturated carbocycles. The van der Waals surface area contributed by atoms with Crippen LogP contribution in [0.4, 0.5) is 0 Å². The van der Waals surface area contributed by atoms with Crippen LogP contribution in [0.25, 0.3) is 0 Å². The molecule has 0 atom stereocenters. The second-order valence-corrected chi connectivity index (χ2v) is 6.41. The van der Waals surface area contributed by atoms with Crippen molar-refractivity contribution in [2.45, 2.75) is 9.79 Å². The maximum Gasteiger partial charge on any atom is 0.390 e. The van der Waals surface area contributed by atoms with E-state index in [0.717, 1.165) is 12.1 Å². The molecule has 0 bridgehead atoms. The minimum absolute atomic E-state index is 0.0715. The number of phenolic OH excluding ortho intramolecular Hbond substituents is 2. The van der Waals surface area contributed by atoms with Gasteiger partial charge in [-0.25, -0.2) is 27.8 Å². The van der Waals surface area contributed by atoms with Gasteiger partial charge in [0.15, 0.2) is 5.75 Å². The third kappa shape index (κ3) is 2.36. The van der Waals surface area contributed by atoms with Crippen LogP contribution in [0, 0.1) is 0 Å². The fourth-order valence-corrected chi connectivity index (χ4v) is 3.35. The Morgan fingerprint density at radius 2 is 1.48 bits per heavy atom. The van der Waals surface area contributed by atoms with Gasteiger partial charge in [-0.05, 0) is 24.3 Å². The Balaban J connectivity index is 1.74. The summed E-state index contributed by atoms with van der Waals surface area (Å²) >= 11 is 0. The molecule has 0 aliphatic carbocycles. The molecule has 2 N–H and O–H groups in total. The minimum Gasteiger partial charge on any atom is -0.507 e. The van der Waals surface area contributed by atoms with Crippen LogP contribution in [-0.2, 0) is 19.6 Å². The number of phenols is 2. The minimum atomic E-state index is -3.64. The first-order chi connectivity index (χ1) is 10.8. The zero-order valence-corrected chi connectivity index (χ0v) is 12.0. The van der Waals surface area contributed by atoms with Gasteiger partial charge in [-0.1, -0.05) is 12.1 Å². The zero-order valence-electron chi connectivity index (χ0n) is 11.2. The molecule has 3 rings (SSSR count). The quantitative estimate of drug-likeness (QED) is 0.405. The number of sulfone groups is 1. The predicted octanol–water partition coefficient (Wildman–Crippen LogP) is 1.17. The number of fused-ring (bicyclic) bond motifs is 1. The normalized spacial score (nSPS) is 13.7. The molecule has 2 aromatic carbocycles. The van der Waals surface area contributed by atoms with E-state index in [4.69, 9.17) is 0 Å². The van der Waals surface area contributed by atoms with E-state index >= 15 is 0 Å². The Hall–Kier alpha value is -3.07. The highest BCUT2D eigenvalue weighted by Crippen LogP contribution is 2.48. The molecule has 0 spiro atoms. The molecule has 1 aliphatic heterocycles. The number of hydrogen-bond donors (Lipinski definition) is 2. The first-order valence-corrected chi connectivity index (χ1v) is 7.64. The molecule has 0 aromatic heterocycles. The lowest BCUT2D eigenvalue weighted by Crippen LogP contribution is -2.12. The highest BCUT2D eigenvalue weighted by atomic mass is 32.2. The van der Waals surface area contributed by atoms with Gasteiger partial charge in [-0.2, -0.15) is 0 Å². The number of benzene rings is 2. The van der Waals surface area contributed by atoms with Gasteiger partial charge in [0.1, 0.15) is 21.8 Å². The van der Waals surface area contributed by atoms with E-state index in [-0.39, 0.29) is 21.1 Å². The number of carbonyl (C=O) groups excluding carboxylic acids is 2. The maximum atomic E-state index is 11.8. The fraction of sp³-hybridized carbons (Fsp3) is 0. The highest BCUT2D eigenvalue weighted by molar-refractivity contribution is 7.97. The molecule has 0 saturated heterocycles. The third-order valence-electron chi connectivity index (χ3n) is 3.15. The third-order valence-corrected chi connectivity index (χ3v) is 4.81. The first-order valence-electron chi connectivity index (χ1n) is 6.16. The van der Waals surface area contributed by atoms with Crippen molar-refractivity contribution < 1.29 is 38.0 Å². The second kappa shape index (κ2) is 4.99. The second-order valence-electron chi connectivity index (χ2n) is 4.55.